The quantitative estimate of drug-likeness (QED) is 0.782. The van der Waals surface area contributed by atoms with Crippen molar-refractivity contribution in [3.05, 3.63) is 30.9 Å². The Morgan fingerprint density at radius 2 is 2.36 bits per heavy atom. The number of carboxylic acid groups (broad SMARTS) is 1. The van der Waals surface area contributed by atoms with Gasteiger partial charge in [-0.1, -0.05) is 12.2 Å². The van der Waals surface area contributed by atoms with Crippen LogP contribution in [0.3, 0.4) is 0 Å². The Hall–Kier alpha value is -2.15. The number of carbonyl (C=O) groups is 2. The van der Waals surface area contributed by atoms with Crippen molar-refractivity contribution in [2.45, 2.75) is 24.7 Å². The van der Waals surface area contributed by atoms with Crippen LogP contribution < -0.4 is 0 Å². The Morgan fingerprint density at radius 3 is 3.09 bits per heavy atom. The summed E-state index contributed by atoms with van der Waals surface area (Å²) in [7, 11) is 0. The van der Waals surface area contributed by atoms with E-state index in [2.05, 4.69) is 4.98 Å². The second-order valence-electron chi connectivity index (χ2n) is 6.15. The van der Waals surface area contributed by atoms with Gasteiger partial charge in [-0.25, -0.2) is 4.98 Å². The van der Waals surface area contributed by atoms with E-state index in [-0.39, 0.29) is 5.91 Å². The smallest absolute Gasteiger partial charge is 0.310 e. The first-order valence-corrected chi connectivity index (χ1v) is 7.45. The molecule has 3 aliphatic heterocycles. The number of fused-ring (bicyclic) bond motifs is 1. The van der Waals surface area contributed by atoms with E-state index < -0.39 is 29.5 Å². The van der Waals surface area contributed by atoms with Crippen LogP contribution in [0.4, 0.5) is 0 Å². The molecule has 0 saturated carbocycles. The van der Waals surface area contributed by atoms with E-state index in [9.17, 15) is 14.7 Å². The second-order valence-corrected chi connectivity index (χ2v) is 6.15. The van der Waals surface area contributed by atoms with Crippen LogP contribution in [0.15, 0.2) is 30.9 Å². The minimum absolute atomic E-state index is 0.0927. The van der Waals surface area contributed by atoms with E-state index in [1.807, 2.05) is 16.8 Å². The average Bonchev–Trinajstić information content (AvgIpc) is 3.22. The van der Waals surface area contributed by atoms with Crippen LogP contribution in [0.2, 0.25) is 0 Å². The third-order valence-corrected chi connectivity index (χ3v) is 4.87. The fourth-order valence-corrected chi connectivity index (χ4v) is 3.91. The molecular weight excluding hydrogens is 286 g/mol. The summed E-state index contributed by atoms with van der Waals surface area (Å²) in [4.78, 5) is 29.8. The van der Waals surface area contributed by atoms with Gasteiger partial charge in [0.15, 0.2) is 0 Å². The highest BCUT2D eigenvalue weighted by molar-refractivity contribution is 5.90. The number of amides is 1. The van der Waals surface area contributed by atoms with E-state index in [1.54, 1.807) is 23.5 Å². The molecule has 4 heterocycles. The summed E-state index contributed by atoms with van der Waals surface area (Å²) in [6, 6.07) is 0. The van der Waals surface area contributed by atoms with Crippen molar-refractivity contribution < 1.29 is 19.4 Å². The Bertz CT molecular complexity index is 641. The lowest BCUT2D eigenvalue weighted by Crippen LogP contribution is -2.39. The monoisotopic (exact) mass is 303 g/mol. The van der Waals surface area contributed by atoms with Gasteiger partial charge >= 0.3 is 5.97 Å². The van der Waals surface area contributed by atoms with Gasteiger partial charge in [0.05, 0.1) is 24.9 Å². The molecule has 7 heteroatoms. The number of imidazole rings is 1. The molecule has 1 amide bonds. The van der Waals surface area contributed by atoms with Crippen LogP contribution in [0.5, 0.6) is 0 Å². The summed E-state index contributed by atoms with van der Waals surface area (Å²) in [5.41, 5.74) is -0.722. The highest BCUT2D eigenvalue weighted by atomic mass is 16.5. The third-order valence-electron chi connectivity index (χ3n) is 4.87. The zero-order valence-corrected chi connectivity index (χ0v) is 12.0. The molecule has 2 fully saturated rings. The van der Waals surface area contributed by atoms with Gasteiger partial charge in [-0.15, -0.1) is 0 Å². The van der Waals surface area contributed by atoms with E-state index >= 15 is 0 Å². The fourth-order valence-electron chi connectivity index (χ4n) is 3.91. The molecule has 1 aromatic heterocycles. The number of likely N-dealkylation sites (tertiary alicyclic amines) is 1. The van der Waals surface area contributed by atoms with Gasteiger partial charge in [0.1, 0.15) is 11.5 Å². The molecule has 4 atom stereocenters. The summed E-state index contributed by atoms with van der Waals surface area (Å²) in [6.07, 6.45) is 9.36. The molecule has 0 unspecified atom stereocenters. The maximum Gasteiger partial charge on any atom is 0.310 e. The Kier molecular flexibility index (Phi) is 2.87. The van der Waals surface area contributed by atoms with Crippen LogP contribution >= 0.6 is 0 Å². The fraction of sp³-hybridized carbons (Fsp3) is 0.533. The molecule has 1 N–H and O–H groups in total. The van der Waals surface area contributed by atoms with E-state index in [0.717, 1.165) is 13.0 Å². The first-order valence-electron chi connectivity index (χ1n) is 7.45. The van der Waals surface area contributed by atoms with Gasteiger partial charge in [-0.05, 0) is 6.42 Å². The van der Waals surface area contributed by atoms with Gasteiger partial charge in [-0.2, -0.15) is 0 Å². The zero-order chi connectivity index (χ0) is 15.3. The normalized spacial score (nSPS) is 35.4. The molecule has 1 spiro atoms. The summed E-state index contributed by atoms with van der Waals surface area (Å²) in [5.74, 6) is -2.37. The highest BCUT2D eigenvalue weighted by Crippen LogP contribution is 2.51. The molecule has 0 aliphatic carbocycles. The van der Waals surface area contributed by atoms with Crippen LogP contribution in [0, 0.1) is 11.8 Å². The largest absolute Gasteiger partial charge is 0.481 e. The highest BCUT2D eigenvalue weighted by Gasteiger charge is 2.66. The number of aromatic nitrogens is 2. The molecular formula is C15H17N3O4. The Balaban J connectivity index is 1.45. The van der Waals surface area contributed by atoms with Crippen molar-refractivity contribution >= 4 is 11.9 Å². The predicted molar refractivity (Wildman–Crippen MR) is 74.8 cm³/mol. The van der Waals surface area contributed by atoms with Gasteiger partial charge in [0, 0.05) is 25.5 Å². The van der Waals surface area contributed by atoms with Gasteiger partial charge in [0.2, 0.25) is 5.91 Å². The topological polar surface area (TPSA) is 84.7 Å². The number of hydrogen-bond acceptors (Lipinski definition) is 4. The van der Waals surface area contributed by atoms with Crippen LogP contribution in [-0.2, 0) is 20.9 Å². The molecule has 2 saturated heterocycles. The van der Waals surface area contributed by atoms with Crippen molar-refractivity contribution in [3.63, 3.8) is 0 Å². The molecule has 22 heavy (non-hydrogen) atoms. The molecule has 1 aromatic rings. The van der Waals surface area contributed by atoms with E-state index in [0.29, 0.717) is 13.1 Å². The summed E-state index contributed by atoms with van der Waals surface area (Å²) in [5, 5.41) is 9.39. The lowest BCUT2D eigenvalue weighted by molar-refractivity contribution is -0.148. The van der Waals surface area contributed by atoms with Gasteiger partial charge in [-0.3, -0.25) is 9.59 Å². The Morgan fingerprint density at radius 1 is 1.50 bits per heavy atom. The number of aliphatic carboxylic acids is 1. The molecule has 3 aliphatic rings. The minimum Gasteiger partial charge on any atom is -0.481 e. The lowest BCUT2D eigenvalue weighted by atomic mass is 9.77. The van der Waals surface area contributed by atoms with Crippen LogP contribution in [-0.4, -0.2) is 56.2 Å². The number of nitrogens with zero attached hydrogens (tertiary/aromatic N) is 3. The number of rotatable bonds is 5. The number of carboxylic acids is 1. The molecule has 2 bridgehead atoms. The Labute approximate surface area is 127 Å². The first-order chi connectivity index (χ1) is 10.6. The van der Waals surface area contributed by atoms with E-state index in [1.165, 1.54) is 0 Å². The molecule has 0 radical (unpaired) electrons. The van der Waals surface area contributed by atoms with Crippen LogP contribution in [0.25, 0.3) is 0 Å². The number of carbonyl (C=O) groups excluding carboxylic acids is 1. The standard InChI is InChI=1S/C15H17N3O4/c19-13-12-11(14(20)21)10-2-3-15(12,22-10)8-18(13)6-1-5-17-7-4-16-9-17/h2-4,7,9-12H,1,5-6,8H2,(H,20,21)/t10-,11-,12-,15-/m1/s1. The molecule has 116 valence electrons. The van der Waals surface area contributed by atoms with Gasteiger partial charge in [0.25, 0.3) is 0 Å². The van der Waals surface area contributed by atoms with Crippen molar-refractivity contribution in [1.29, 1.82) is 0 Å². The molecule has 0 aromatic carbocycles. The lowest BCUT2D eigenvalue weighted by Gasteiger charge is -2.21. The van der Waals surface area contributed by atoms with Crippen LogP contribution in [0.1, 0.15) is 6.42 Å². The number of aryl methyl sites for hydroxylation is 1. The van der Waals surface area contributed by atoms with E-state index in [4.69, 9.17) is 4.74 Å². The predicted octanol–water partition coefficient (Wildman–Crippen LogP) is 0.140. The van der Waals surface area contributed by atoms with Crippen molar-refractivity contribution in [2.75, 3.05) is 13.1 Å². The zero-order valence-electron chi connectivity index (χ0n) is 12.0. The van der Waals surface area contributed by atoms with Crippen molar-refractivity contribution in [2.24, 2.45) is 11.8 Å². The first kappa shape index (κ1) is 13.5. The maximum atomic E-state index is 12.6. The maximum absolute atomic E-state index is 12.6. The minimum atomic E-state index is -0.949. The number of hydrogen-bond donors (Lipinski definition) is 1. The number of ether oxygens (including phenoxy) is 1. The summed E-state index contributed by atoms with van der Waals surface area (Å²) in [6.45, 7) is 1.84. The van der Waals surface area contributed by atoms with Gasteiger partial charge < -0.3 is 19.3 Å². The molecule has 7 nitrogen and oxygen atoms in total. The third kappa shape index (κ3) is 1.81. The average molecular weight is 303 g/mol. The molecule has 4 rings (SSSR count). The van der Waals surface area contributed by atoms with Crippen molar-refractivity contribution in [3.8, 4) is 0 Å². The summed E-state index contributed by atoms with van der Waals surface area (Å²) >= 11 is 0. The summed E-state index contributed by atoms with van der Waals surface area (Å²) < 4.78 is 7.80. The second kappa shape index (κ2) is 4.67. The SMILES string of the molecule is O=C(O)[C@@H]1[C@H]2C=C[C@]3(CN(CCCn4ccnc4)C(=O)[C@@H]13)O2. The van der Waals surface area contributed by atoms with Crippen molar-refractivity contribution in [1.82, 2.24) is 14.5 Å².